The SMILES string of the molecule is CCOC(=O)CN(CC)C(=O)CN1C(=O)NC(C)(C)C1=O. The molecule has 0 aromatic rings. The van der Waals surface area contributed by atoms with Crippen molar-refractivity contribution >= 4 is 23.8 Å². The fourth-order valence-corrected chi connectivity index (χ4v) is 1.94. The molecular weight excluding hydrogens is 278 g/mol. The van der Waals surface area contributed by atoms with Gasteiger partial charge in [-0.15, -0.1) is 0 Å². The van der Waals surface area contributed by atoms with Gasteiger partial charge in [0.15, 0.2) is 0 Å². The number of nitrogens with one attached hydrogen (secondary N) is 1. The topological polar surface area (TPSA) is 96.0 Å². The van der Waals surface area contributed by atoms with E-state index in [0.717, 1.165) is 4.90 Å². The van der Waals surface area contributed by atoms with Crippen molar-refractivity contribution in [3.63, 3.8) is 0 Å². The number of urea groups is 1. The number of carbonyl (C=O) groups excluding carboxylic acids is 4. The number of esters is 1. The lowest BCUT2D eigenvalue weighted by Crippen LogP contribution is -2.46. The van der Waals surface area contributed by atoms with Crippen molar-refractivity contribution in [3.05, 3.63) is 0 Å². The van der Waals surface area contributed by atoms with Crippen molar-refractivity contribution in [1.82, 2.24) is 15.1 Å². The molecule has 1 heterocycles. The van der Waals surface area contributed by atoms with E-state index in [0.29, 0.717) is 0 Å². The second-order valence-electron chi connectivity index (χ2n) is 5.16. The molecule has 1 N–H and O–H groups in total. The van der Waals surface area contributed by atoms with Gasteiger partial charge in [-0.1, -0.05) is 0 Å². The fraction of sp³-hybridized carbons (Fsp3) is 0.692. The van der Waals surface area contributed by atoms with E-state index < -0.39 is 29.4 Å². The van der Waals surface area contributed by atoms with Crippen LogP contribution in [0.3, 0.4) is 0 Å². The van der Waals surface area contributed by atoms with Crippen molar-refractivity contribution in [2.75, 3.05) is 26.2 Å². The Morgan fingerprint density at radius 1 is 1.29 bits per heavy atom. The summed E-state index contributed by atoms with van der Waals surface area (Å²) in [5.74, 6) is -1.47. The summed E-state index contributed by atoms with van der Waals surface area (Å²) in [6.45, 7) is 6.42. The summed E-state index contributed by atoms with van der Waals surface area (Å²) in [4.78, 5) is 49.3. The Labute approximate surface area is 123 Å². The van der Waals surface area contributed by atoms with E-state index in [9.17, 15) is 19.2 Å². The fourth-order valence-electron chi connectivity index (χ4n) is 1.94. The molecule has 8 nitrogen and oxygen atoms in total. The van der Waals surface area contributed by atoms with E-state index in [1.165, 1.54) is 4.90 Å². The summed E-state index contributed by atoms with van der Waals surface area (Å²) >= 11 is 0. The largest absolute Gasteiger partial charge is 0.465 e. The van der Waals surface area contributed by atoms with Crippen molar-refractivity contribution in [1.29, 1.82) is 0 Å². The highest BCUT2D eigenvalue weighted by molar-refractivity contribution is 6.08. The minimum absolute atomic E-state index is 0.198. The minimum Gasteiger partial charge on any atom is -0.465 e. The monoisotopic (exact) mass is 299 g/mol. The van der Waals surface area contributed by atoms with Gasteiger partial charge in [0.1, 0.15) is 18.6 Å². The number of amides is 4. The molecule has 8 heteroatoms. The predicted molar refractivity (Wildman–Crippen MR) is 73.2 cm³/mol. The summed E-state index contributed by atoms with van der Waals surface area (Å²) in [5, 5.41) is 2.49. The summed E-state index contributed by atoms with van der Waals surface area (Å²) < 4.78 is 4.78. The molecule has 0 bridgehead atoms. The number of rotatable bonds is 6. The maximum absolute atomic E-state index is 12.1. The van der Waals surface area contributed by atoms with Crippen LogP contribution in [0.4, 0.5) is 4.79 Å². The molecule has 1 aliphatic rings. The summed E-state index contributed by atoms with van der Waals surface area (Å²) in [5.41, 5.74) is -1.02. The molecule has 1 rings (SSSR count). The maximum Gasteiger partial charge on any atom is 0.325 e. The van der Waals surface area contributed by atoms with Crippen LogP contribution in [-0.4, -0.2) is 65.4 Å². The molecule has 1 saturated heterocycles. The van der Waals surface area contributed by atoms with Crippen LogP contribution in [0.1, 0.15) is 27.7 Å². The average Bonchev–Trinajstić information content (AvgIpc) is 2.58. The highest BCUT2D eigenvalue weighted by Gasteiger charge is 2.45. The van der Waals surface area contributed by atoms with Gasteiger partial charge in [-0.2, -0.15) is 0 Å². The Hall–Kier alpha value is -2.12. The van der Waals surface area contributed by atoms with E-state index in [1.54, 1.807) is 27.7 Å². The van der Waals surface area contributed by atoms with Crippen LogP contribution in [0.2, 0.25) is 0 Å². The van der Waals surface area contributed by atoms with Crippen LogP contribution in [-0.2, 0) is 19.1 Å². The van der Waals surface area contributed by atoms with E-state index in [4.69, 9.17) is 4.74 Å². The van der Waals surface area contributed by atoms with E-state index in [2.05, 4.69) is 5.32 Å². The van der Waals surface area contributed by atoms with Crippen molar-refractivity contribution < 1.29 is 23.9 Å². The summed E-state index contributed by atoms with van der Waals surface area (Å²) in [7, 11) is 0. The molecule has 0 aromatic carbocycles. The van der Waals surface area contributed by atoms with Crippen LogP contribution in [0, 0.1) is 0 Å². The molecule has 0 spiro atoms. The van der Waals surface area contributed by atoms with Gasteiger partial charge in [0.25, 0.3) is 5.91 Å². The minimum atomic E-state index is -1.02. The van der Waals surface area contributed by atoms with Gasteiger partial charge in [0.2, 0.25) is 5.91 Å². The first-order valence-corrected chi connectivity index (χ1v) is 6.80. The second-order valence-corrected chi connectivity index (χ2v) is 5.16. The van der Waals surface area contributed by atoms with E-state index >= 15 is 0 Å². The highest BCUT2D eigenvalue weighted by Crippen LogP contribution is 2.16. The zero-order valence-electron chi connectivity index (χ0n) is 12.8. The van der Waals surface area contributed by atoms with Gasteiger partial charge in [0.05, 0.1) is 6.61 Å². The lowest BCUT2D eigenvalue weighted by Gasteiger charge is -2.22. The van der Waals surface area contributed by atoms with E-state index in [-0.39, 0.29) is 26.2 Å². The molecule has 4 amide bonds. The van der Waals surface area contributed by atoms with Crippen LogP contribution in [0.25, 0.3) is 0 Å². The molecule has 0 radical (unpaired) electrons. The number of imide groups is 1. The van der Waals surface area contributed by atoms with Gasteiger partial charge in [-0.05, 0) is 27.7 Å². The lowest BCUT2D eigenvalue weighted by molar-refractivity contribution is -0.149. The molecule has 0 atom stereocenters. The first-order valence-electron chi connectivity index (χ1n) is 6.80. The Kier molecular flexibility index (Phi) is 5.28. The third-order valence-electron chi connectivity index (χ3n) is 3.10. The number of hydrogen-bond acceptors (Lipinski definition) is 5. The number of carbonyl (C=O) groups is 4. The standard InChI is InChI=1S/C13H21N3O5/c1-5-15(8-10(18)21-6-2)9(17)7-16-11(19)13(3,4)14-12(16)20/h5-8H2,1-4H3,(H,14,20). The van der Waals surface area contributed by atoms with E-state index in [1.807, 2.05) is 0 Å². The molecule has 118 valence electrons. The van der Waals surface area contributed by atoms with Crippen LogP contribution in [0.15, 0.2) is 0 Å². The van der Waals surface area contributed by atoms with Crippen LogP contribution < -0.4 is 5.32 Å². The second kappa shape index (κ2) is 6.55. The molecule has 0 aromatic heterocycles. The quantitative estimate of drug-likeness (QED) is 0.538. The normalized spacial score (nSPS) is 16.7. The van der Waals surface area contributed by atoms with Crippen LogP contribution >= 0.6 is 0 Å². The Bertz CT molecular complexity index is 461. The average molecular weight is 299 g/mol. The number of hydrogen-bond donors (Lipinski definition) is 1. The number of likely N-dealkylation sites (N-methyl/N-ethyl adjacent to an activating group) is 1. The van der Waals surface area contributed by atoms with Gasteiger partial charge in [0, 0.05) is 6.54 Å². The summed E-state index contributed by atoms with van der Waals surface area (Å²) in [6.07, 6.45) is 0. The van der Waals surface area contributed by atoms with Crippen LogP contribution in [0.5, 0.6) is 0 Å². The molecule has 21 heavy (non-hydrogen) atoms. The number of ether oxygens (including phenoxy) is 1. The third-order valence-corrected chi connectivity index (χ3v) is 3.10. The first kappa shape index (κ1) is 16.9. The highest BCUT2D eigenvalue weighted by atomic mass is 16.5. The molecule has 0 unspecified atom stereocenters. The van der Waals surface area contributed by atoms with Gasteiger partial charge in [-0.25, -0.2) is 4.79 Å². The molecular formula is C13H21N3O5. The first-order chi connectivity index (χ1) is 9.72. The molecule has 1 aliphatic heterocycles. The van der Waals surface area contributed by atoms with Crippen molar-refractivity contribution in [3.8, 4) is 0 Å². The van der Waals surface area contributed by atoms with Crippen molar-refractivity contribution in [2.24, 2.45) is 0 Å². The number of nitrogens with zero attached hydrogens (tertiary/aromatic N) is 2. The van der Waals surface area contributed by atoms with Gasteiger partial charge in [-0.3, -0.25) is 19.3 Å². The lowest BCUT2D eigenvalue weighted by atomic mass is 10.1. The van der Waals surface area contributed by atoms with Crippen molar-refractivity contribution in [2.45, 2.75) is 33.2 Å². The Balaban J connectivity index is 2.68. The smallest absolute Gasteiger partial charge is 0.325 e. The third kappa shape index (κ3) is 3.93. The molecule has 0 aliphatic carbocycles. The van der Waals surface area contributed by atoms with Gasteiger partial charge >= 0.3 is 12.0 Å². The Morgan fingerprint density at radius 3 is 2.33 bits per heavy atom. The summed E-state index contributed by atoms with van der Waals surface area (Å²) in [6, 6.07) is -0.606. The Morgan fingerprint density at radius 2 is 1.90 bits per heavy atom. The van der Waals surface area contributed by atoms with Gasteiger partial charge < -0.3 is 15.0 Å². The molecule has 1 fully saturated rings. The predicted octanol–water partition coefficient (Wildman–Crippen LogP) is -0.272. The maximum atomic E-state index is 12.1. The molecule has 0 saturated carbocycles. The zero-order valence-corrected chi connectivity index (χ0v) is 12.8. The zero-order chi connectivity index (χ0) is 16.2.